The van der Waals surface area contributed by atoms with E-state index in [1.54, 1.807) is 0 Å². The molecule has 13 heavy (non-hydrogen) atoms. The van der Waals surface area contributed by atoms with Crippen LogP contribution < -0.4 is 0 Å². The Morgan fingerprint density at radius 2 is 2.31 bits per heavy atom. The number of alkyl halides is 1. The van der Waals surface area contributed by atoms with E-state index in [0.717, 1.165) is 15.4 Å². The molecule has 0 atom stereocenters. The van der Waals surface area contributed by atoms with Crippen molar-refractivity contribution in [2.24, 2.45) is 7.05 Å². The number of hydrogen-bond donors (Lipinski definition) is 0. The maximum atomic E-state index is 4.32. The Bertz CT molecular complexity index is 448. The summed E-state index contributed by atoms with van der Waals surface area (Å²) in [5.41, 5.74) is 2.28. The average Bonchev–Trinajstić information content (AvgIpc) is 2.43. The van der Waals surface area contributed by atoms with Crippen molar-refractivity contribution in [1.82, 2.24) is 9.55 Å². The lowest BCUT2D eigenvalue weighted by atomic mass is 10.2. The largest absolute Gasteiger partial charge is 0.334 e. The zero-order chi connectivity index (χ0) is 9.42. The van der Waals surface area contributed by atoms with E-state index in [9.17, 15) is 0 Å². The number of halogens is 2. The maximum Gasteiger partial charge on any atom is 0.141 e. The van der Waals surface area contributed by atoms with Gasteiger partial charge in [0.15, 0.2) is 0 Å². The molecule has 0 radical (unpaired) electrons. The predicted octanol–water partition coefficient (Wildman–Crippen LogP) is 3.23. The second-order valence-electron chi connectivity index (χ2n) is 2.89. The summed E-state index contributed by atoms with van der Waals surface area (Å²) in [6.07, 6.45) is 3.87. The number of fused-ring (bicyclic) bond motifs is 1. The normalized spacial score (nSPS) is 11.0. The summed E-state index contributed by atoms with van der Waals surface area (Å²) in [5.74, 6) is 0. The van der Waals surface area contributed by atoms with Crippen LogP contribution in [0.1, 0.15) is 5.56 Å². The van der Waals surface area contributed by atoms with Gasteiger partial charge in [-0.25, -0.2) is 4.98 Å². The van der Waals surface area contributed by atoms with Crippen molar-refractivity contribution < 1.29 is 0 Å². The van der Waals surface area contributed by atoms with Crippen LogP contribution in [0.5, 0.6) is 0 Å². The van der Waals surface area contributed by atoms with Crippen molar-refractivity contribution >= 4 is 42.9 Å². The van der Waals surface area contributed by atoms with Gasteiger partial charge < -0.3 is 4.57 Å². The van der Waals surface area contributed by atoms with Crippen LogP contribution in [0.25, 0.3) is 11.0 Å². The van der Waals surface area contributed by atoms with E-state index in [1.807, 2.05) is 30.1 Å². The zero-order valence-corrected chi connectivity index (χ0v) is 10.3. The molecular formula is C9H8Br2N2. The van der Waals surface area contributed by atoms with E-state index < -0.39 is 0 Å². The van der Waals surface area contributed by atoms with E-state index >= 15 is 0 Å². The smallest absolute Gasteiger partial charge is 0.141 e. The van der Waals surface area contributed by atoms with Gasteiger partial charge in [0, 0.05) is 34.6 Å². The molecule has 0 unspecified atom stereocenters. The van der Waals surface area contributed by atoms with E-state index in [1.165, 1.54) is 10.9 Å². The number of aromatic nitrogens is 2. The Morgan fingerprint density at radius 1 is 1.54 bits per heavy atom. The summed E-state index contributed by atoms with van der Waals surface area (Å²) in [7, 11) is 2.00. The van der Waals surface area contributed by atoms with Crippen LogP contribution in [0.4, 0.5) is 0 Å². The van der Waals surface area contributed by atoms with Crippen LogP contribution in [0, 0.1) is 0 Å². The zero-order valence-electron chi connectivity index (χ0n) is 7.09. The van der Waals surface area contributed by atoms with Gasteiger partial charge in [0.25, 0.3) is 0 Å². The van der Waals surface area contributed by atoms with E-state index in [2.05, 4.69) is 36.8 Å². The topological polar surface area (TPSA) is 17.8 Å². The second-order valence-corrected chi connectivity index (χ2v) is 4.31. The van der Waals surface area contributed by atoms with Gasteiger partial charge in [0.05, 0.1) is 0 Å². The maximum absolute atomic E-state index is 4.32. The highest BCUT2D eigenvalue weighted by molar-refractivity contribution is 9.10. The highest BCUT2D eigenvalue weighted by atomic mass is 79.9. The van der Waals surface area contributed by atoms with Gasteiger partial charge in [-0.3, -0.25) is 0 Å². The Morgan fingerprint density at radius 3 is 3.00 bits per heavy atom. The molecule has 0 amide bonds. The molecule has 2 nitrogen and oxygen atoms in total. The van der Waals surface area contributed by atoms with E-state index in [4.69, 9.17) is 0 Å². The predicted molar refractivity (Wildman–Crippen MR) is 61.0 cm³/mol. The Balaban J connectivity index is 2.88. The van der Waals surface area contributed by atoms with Crippen LogP contribution in [-0.4, -0.2) is 9.55 Å². The minimum absolute atomic E-state index is 0.856. The first kappa shape index (κ1) is 9.21. The third-order valence-electron chi connectivity index (χ3n) is 2.04. The van der Waals surface area contributed by atoms with Gasteiger partial charge in [-0.05, 0) is 27.6 Å². The summed E-state index contributed by atoms with van der Waals surface area (Å²) in [6, 6.07) is 2.03. The third-order valence-corrected chi connectivity index (χ3v) is 3.25. The molecule has 0 spiro atoms. The minimum Gasteiger partial charge on any atom is -0.334 e. The fraction of sp³-hybridized carbons (Fsp3) is 0.222. The molecule has 2 rings (SSSR count). The summed E-state index contributed by atoms with van der Waals surface area (Å²) in [5, 5.41) is 2.05. The number of nitrogens with zero attached hydrogens (tertiary/aromatic N) is 2. The molecule has 0 aromatic carbocycles. The summed E-state index contributed by atoms with van der Waals surface area (Å²) in [6.45, 7) is 0. The highest BCUT2D eigenvalue weighted by Gasteiger charge is 2.08. The Hall–Kier alpha value is -0.350. The molecule has 2 heterocycles. The highest BCUT2D eigenvalue weighted by Crippen LogP contribution is 2.28. The number of aryl methyl sites for hydroxylation is 1. The van der Waals surface area contributed by atoms with Crippen LogP contribution in [-0.2, 0) is 12.4 Å². The van der Waals surface area contributed by atoms with Crippen LogP contribution >= 0.6 is 31.9 Å². The summed E-state index contributed by atoms with van der Waals surface area (Å²) >= 11 is 6.99. The average molecular weight is 304 g/mol. The minimum atomic E-state index is 0.856. The van der Waals surface area contributed by atoms with Crippen LogP contribution in [0.3, 0.4) is 0 Å². The molecule has 0 aliphatic heterocycles. The lowest BCUT2D eigenvalue weighted by Gasteiger charge is -1.98. The molecule has 0 N–H and O–H groups in total. The molecule has 0 fully saturated rings. The van der Waals surface area contributed by atoms with Crippen molar-refractivity contribution in [3.63, 3.8) is 0 Å². The van der Waals surface area contributed by atoms with Gasteiger partial charge in [-0.15, -0.1) is 0 Å². The fourth-order valence-corrected chi connectivity index (χ4v) is 2.63. The molecule has 0 saturated heterocycles. The van der Waals surface area contributed by atoms with Gasteiger partial charge in [-0.2, -0.15) is 0 Å². The van der Waals surface area contributed by atoms with E-state index in [-0.39, 0.29) is 0 Å². The lowest BCUT2D eigenvalue weighted by Crippen LogP contribution is -1.88. The number of hydrogen-bond acceptors (Lipinski definition) is 1. The van der Waals surface area contributed by atoms with Gasteiger partial charge in [0.1, 0.15) is 5.65 Å². The van der Waals surface area contributed by atoms with E-state index in [0.29, 0.717) is 0 Å². The quantitative estimate of drug-likeness (QED) is 0.740. The fourth-order valence-electron chi connectivity index (χ4n) is 1.42. The molecule has 2 aromatic heterocycles. The van der Waals surface area contributed by atoms with Gasteiger partial charge in [0.2, 0.25) is 0 Å². The molecular weight excluding hydrogens is 296 g/mol. The Labute approximate surface area is 93.2 Å². The monoisotopic (exact) mass is 302 g/mol. The summed E-state index contributed by atoms with van der Waals surface area (Å²) < 4.78 is 3.12. The molecule has 0 aliphatic rings. The van der Waals surface area contributed by atoms with Crippen molar-refractivity contribution in [1.29, 1.82) is 0 Å². The molecule has 0 saturated carbocycles. The number of pyridine rings is 1. The Kier molecular flexibility index (Phi) is 2.43. The first-order valence-electron chi connectivity index (χ1n) is 3.88. The van der Waals surface area contributed by atoms with Gasteiger partial charge in [-0.1, -0.05) is 15.9 Å². The molecule has 2 aromatic rings. The SMILES string of the molecule is Cn1cc(Br)c2c(CBr)ccnc21. The first-order chi connectivity index (χ1) is 6.24. The van der Waals surface area contributed by atoms with Crippen molar-refractivity contribution in [2.45, 2.75) is 5.33 Å². The first-order valence-corrected chi connectivity index (χ1v) is 5.80. The van der Waals surface area contributed by atoms with Crippen LogP contribution in [0.15, 0.2) is 22.9 Å². The molecule has 0 bridgehead atoms. The van der Waals surface area contributed by atoms with Crippen molar-refractivity contribution in [3.05, 3.63) is 28.5 Å². The molecule has 4 heteroatoms. The summed E-state index contributed by atoms with van der Waals surface area (Å²) in [4.78, 5) is 4.32. The van der Waals surface area contributed by atoms with Crippen molar-refractivity contribution in [3.8, 4) is 0 Å². The lowest BCUT2D eigenvalue weighted by molar-refractivity contribution is 0.946. The third kappa shape index (κ3) is 1.42. The van der Waals surface area contributed by atoms with Gasteiger partial charge >= 0.3 is 0 Å². The van der Waals surface area contributed by atoms with Crippen molar-refractivity contribution in [2.75, 3.05) is 0 Å². The standard InChI is InChI=1S/C9H8Br2N2/c1-13-5-7(11)8-6(4-10)2-3-12-9(8)13/h2-3,5H,4H2,1H3. The molecule has 0 aliphatic carbocycles. The second kappa shape index (κ2) is 3.42. The molecule has 68 valence electrons. The van der Waals surface area contributed by atoms with Crippen LogP contribution in [0.2, 0.25) is 0 Å². The number of rotatable bonds is 1.